The van der Waals surface area contributed by atoms with E-state index in [0.717, 1.165) is 22.3 Å². The number of fused-ring (bicyclic) bond motifs is 2. The Kier molecular flexibility index (Phi) is 12.3. The molecule has 0 radical (unpaired) electrons. The number of piperidine rings is 1. The molecule has 4 aliphatic heterocycles. The largest absolute Gasteiger partial charge is 0.508 e. The fourth-order valence-electron chi connectivity index (χ4n) is 8.84. The van der Waals surface area contributed by atoms with Gasteiger partial charge in [0, 0.05) is 29.3 Å². The smallest absolute Gasteiger partial charge is 0.327 e. The summed E-state index contributed by atoms with van der Waals surface area (Å²) >= 11 is 0. The number of aliphatic hydroxyl groups excluding tert-OH is 4. The molecule has 10 atom stereocenters. The maximum Gasteiger partial charge on any atom is 0.327 e. The summed E-state index contributed by atoms with van der Waals surface area (Å²) in [7, 11) is 0. The van der Waals surface area contributed by atoms with E-state index in [1.807, 2.05) is 32.0 Å². The number of hydroxylamine groups is 2. The maximum absolute atomic E-state index is 13.7. The Labute approximate surface area is 364 Å². The van der Waals surface area contributed by atoms with Crippen LogP contribution in [0.3, 0.4) is 0 Å². The van der Waals surface area contributed by atoms with Gasteiger partial charge in [0.15, 0.2) is 23.1 Å². The van der Waals surface area contributed by atoms with E-state index >= 15 is 0 Å². The normalized spacial score (nSPS) is 28.1. The van der Waals surface area contributed by atoms with Crippen LogP contribution in [0.2, 0.25) is 0 Å². The van der Waals surface area contributed by atoms with Crippen LogP contribution < -0.4 is 20.5 Å². The molecule has 19 nitrogen and oxygen atoms in total. The minimum atomic E-state index is -3.30. The van der Waals surface area contributed by atoms with Gasteiger partial charge in [-0.2, -0.15) is 9.90 Å². The van der Waals surface area contributed by atoms with Crippen LogP contribution in [0.25, 0.3) is 27.8 Å². The van der Waals surface area contributed by atoms with Gasteiger partial charge in [0.2, 0.25) is 12.4 Å². The molecular formula is C45H48N3O16+. The molecule has 5 heterocycles. The van der Waals surface area contributed by atoms with E-state index in [1.165, 1.54) is 36.6 Å². The Bertz CT molecular complexity index is 2590. The Morgan fingerprint density at radius 2 is 1.77 bits per heavy atom. The number of esters is 1. The van der Waals surface area contributed by atoms with Crippen molar-refractivity contribution < 1.29 is 79.0 Å². The number of quaternary nitrogens is 1. The van der Waals surface area contributed by atoms with Gasteiger partial charge < -0.3 is 59.5 Å². The zero-order chi connectivity index (χ0) is 45.7. The minimum absolute atomic E-state index is 0.00671. The molecular weight excluding hydrogens is 839 g/mol. The summed E-state index contributed by atoms with van der Waals surface area (Å²) in [5.74, 6) is -10.6. The molecule has 64 heavy (non-hydrogen) atoms. The van der Waals surface area contributed by atoms with Crippen LogP contribution in [0.4, 0.5) is 0 Å². The summed E-state index contributed by atoms with van der Waals surface area (Å²) < 4.78 is 23.4. The van der Waals surface area contributed by atoms with E-state index in [-0.39, 0.29) is 47.5 Å². The van der Waals surface area contributed by atoms with Crippen molar-refractivity contribution in [2.75, 3.05) is 26.3 Å². The van der Waals surface area contributed by atoms with E-state index < -0.39 is 84.6 Å². The summed E-state index contributed by atoms with van der Waals surface area (Å²) in [5, 5.41) is 90.3. The third-order valence-electron chi connectivity index (χ3n) is 12.0. The van der Waals surface area contributed by atoms with Gasteiger partial charge >= 0.3 is 11.9 Å². The lowest BCUT2D eigenvalue weighted by atomic mass is 9.79. The third-order valence-corrected chi connectivity index (χ3v) is 12.0. The number of allylic oxidation sites excluding steroid dienone is 1. The molecule has 2 saturated heterocycles. The number of aliphatic carboxylic acids is 1. The van der Waals surface area contributed by atoms with Crippen LogP contribution in [-0.2, 0) is 23.9 Å². The van der Waals surface area contributed by atoms with Crippen molar-refractivity contribution in [2.45, 2.75) is 68.9 Å². The Morgan fingerprint density at radius 3 is 2.45 bits per heavy atom. The highest BCUT2D eigenvalue weighted by molar-refractivity contribution is 5.95. The highest BCUT2D eigenvalue weighted by Gasteiger charge is 2.61. The van der Waals surface area contributed by atoms with Crippen LogP contribution in [0, 0.1) is 25.7 Å². The van der Waals surface area contributed by atoms with Crippen LogP contribution >= 0.6 is 0 Å². The van der Waals surface area contributed by atoms with Gasteiger partial charge in [-0.3, -0.25) is 19.7 Å². The van der Waals surface area contributed by atoms with Gasteiger partial charge in [-0.15, -0.1) is 0 Å². The standard InChI is InChI=1S/C45H47N3O16/c1-22-14-23(2)16-26(15-22)35-34-25(11-13-46-34)18-48(35)64-39-37(53)38(54)40(44(58,21-50)63-42(57)33(41(55)56)45(59)27(19-49)4-3-12-47-45)62-43(39)61-29-9-10-30-32(17-29)60-20-31(36(30)52)24-5-7-28(51)8-6-24/h5-11,13-17,20,27,33,37-40,43,47,49-51,53-54,58-59H,3-4,12,18-19,21H2,1-2H3,(H,55,56)/p+1/t27-,33-,37+,38+,39-,40+,43-,44+,45+/m0/s1. The predicted molar refractivity (Wildman–Crippen MR) is 223 cm³/mol. The number of carbonyl (C=O) groups is 2. The van der Waals surface area contributed by atoms with E-state index in [9.17, 15) is 55.2 Å². The van der Waals surface area contributed by atoms with Gasteiger partial charge in [-0.05, 0) is 81.3 Å². The van der Waals surface area contributed by atoms with Gasteiger partial charge in [0.1, 0.15) is 60.1 Å². The first-order valence-corrected chi connectivity index (χ1v) is 20.5. The molecule has 4 aromatic rings. The first-order chi connectivity index (χ1) is 30.5. The number of carbonyl (C=O) groups excluding carboxylic acids is 1. The number of nitrogens with one attached hydrogen (secondary N) is 2. The molecule has 2 fully saturated rings. The van der Waals surface area contributed by atoms with Crippen molar-refractivity contribution >= 4 is 34.8 Å². The Balaban J connectivity index is 1.15. The summed E-state index contributed by atoms with van der Waals surface area (Å²) in [6.45, 7) is 1.87. The second kappa shape index (κ2) is 17.6. The monoisotopic (exact) mass is 886 g/mol. The van der Waals surface area contributed by atoms with E-state index in [1.54, 1.807) is 24.4 Å². The fourth-order valence-corrected chi connectivity index (χ4v) is 8.84. The van der Waals surface area contributed by atoms with E-state index in [0.29, 0.717) is 28.4 Å². The van der Waals surface area contributed by atoms with Crippen molar-refractivity contribution in [3.8, 4) is 22.6 Å². The van der Waals surface area contributed by atoms with Gasteiger partial charge in [-0.1, -0.05) is 29.3 Å². The molecule has 338 valence electrons. The second-order valence-electron chi connectivity index (χ2n) is 16.4. The van der Waals surface area contributed by atoms with E-state index in [2.05, 4.69) is 10.3 Å². The number of aliphatic imine (C=N–C) groups is 1. The first-order valence-electron chi connectivity index (χ1n) is 20.5. The number of rotatable bonds is 13. The number of carboxylic acid groups (broad SMARTS) is 1. The second-order valence-corrected chi connectivity index (χ2v) is 16.4. The van der Waals surface area contributed by atoms with Crippen molar-refractivity contribution in [2.24, 2.45) is 16.8 Å². The molecule has 3 aromatic carbocycles. The van der Waals surface area contributed by atoms with Gasteiger partial charge in [-0.25, -0.2) is 4.99 Å². The number of ether oxygens (including phenoxy) is 3. The van der Waals surface area contributed by atoms with Gasteiger partial charge in [0.05, 0.1) is 17.6 Å². The molecule has 10 N–H and O–H groups in total. The number of aromatic hydroxyl groups is 1. The molecule has 0 aliphatic carbocycles. The zero-order valence-corrected chi connectivity index (χ0v) is 34.6. The molecule has 1 aromatic heterocycles. The lowest BCUT2D eigenvalue weighted by Crippen LogP contribution is -3.08. The number of aliphatic hydroxyl groups is 6. The number of nitrogens with zero attached hydrogens (tertiary/aromatic N) is 1. The van der Waals surface area contributed by atoms with Crippen LogP contribution in [-0.4, -0.2) is 128 Å². The Hall–Kier alpha value is -5.84. The lowest BCUT2D eigenvalue weighted by Gasteiger charge is -2.47. The summed E-state index contributed by atoms with van der Waals surface area (Å²) in [6.07, 6.45) is -4.81. The van der Waals surface area contributed by atoms with Crippen LogP contribution in [0.15, 0.2) is 98.5 Å². The van der Waals surface area contributed by atoms with Crippen molar-refractivity contribution in [3.05, 3.63) is 111 Å². The molecule has 19 heteroatoms. The topological polar surface area (TPSA) is 292 Å². The average molecular weight is 887 g/mol. The SMILES string of the molecule is Cc1cc(C)cc(C2=C3N=CC=C3C[NH+]2O[C@@H]2[C@@H](Oc3ccc4c(=O)c(-c5ccc(O)cc5)coc4c3)O[C@@H]([C@@](O)(CO)OC(=O)[C@H](C(=O)O)[C@@]3(O)NCCC[C@H]3CO)[C@H](O)[C@H]2O)c1. The number of phenolic OH excluding ortho intramolecular Hbond substituents is 1. The molecule has 0 bridgehead atoms. The Morgan fingerprint density at radius 1 is 1.03 bits per heavy atom. The molecule has 0 spiro atoms. The average Bonchev–Trinajstić information content (AvgIpc) is 3.85. The number of aryl methyl sites for hydroxylation is 2. The van der Waals surface area contributed by atoms with Crippen molar-refractivity contribution in [3.63, 3.8) is 0 Å². The number of carboxylic acids is 1. The number of phenols is 1. The number of hydrogen-bond acceptors (Lipinski definition) is 17. The highest BCUT2D eigenvalue weighted by atomic mass is 16.8. The molecule has 0 amide bonds. The van der Waals surface area contributed by atoms with E-state index in [4.69, 9.17) is 23.5 Å². The summed E-state index contributed by atoms with van der Waals surface area (Å²) in [4.78, 5) is 51.0. The van der Waals surface area contributed by atoms with Crippen molar-refractivity contribution in [1.29, 1.82) is 0 Å². The number of hydrogen-bond donors (Lipinski definition) is 10. The molecule has 4 aliphatic rings. The van der Waals surface area contributed by atoms with Gasteiger partial charge in [0.25, 0.3) is 5.79 Å². The third kappa shape index (κ3) is 8.22. The fraction of sp³-hybridized carbons (Fsp3) is 0.378. The lowest BCUT2D eigenvalue weighted by molar-refractivity contribution is -1.04. The minimum Gasteiger partial charge on any atom is -0.508 e. The van der Waals surface area contributed by atoms with Crippen LogP contribution in [0.1, 0.15) is 29.5 Å². The predicted octanol–water partition coefficient (Wildman–Crippen LogP) is -0.208. The summed E-state index contributed by atoms with van der Waals surface area (Å²) in [5.41, 5.74) is 2.41. The molecule has 1 unspecified atom stereocenters. The molecule has 8 rings (SSSR count). The van der Waals surface area contributed by atoms with Crippen LogP contribution in [0.5, 0.6) is 11.5 Å². The first kappa shape index (κ1) is 44.8. The zero-order valence-electron chi connectivity index (χ0n) is 34.6. The highest BCUT2D eigenvalue weighted by Crippen LogP contribution is 2.37. The van der Waals surface area contributed by atoms with Crippen molar-refractivity contribution in [1.82, 2.24) is 5.32 Å². The number of benzene rings is 3. The summed E-state index contributed by atoms with van der Waals surface area (Å²) in [6, 6.07) is 15.9. The quantitative estimate of drug-likeness (QED) is 0.0472. The molecule has 0 saturated carbocycles. The maximum atomic E-state index is 13.7.